The fourth-order valence-corrected chi connectivity index (χ4v) is 2.04. The summed E-state index contributed by atoms with van der Waals surface area (Å²) in [5, 5.41) is 5.25. The fourth-order valence-electron chi connectivity index (χ4n) is 2.04. The second-order valence-corrected chi connectivity index (χ2v) is 4.33. The van der Waals surface area contributed by atoms with E-state index >= 15 is 0 Å². The Morgan fingerprint density at radius 2 is 1.90 bits per heavy atom. The zero-order valence-electron chi connectivity index (χ0n) is 11.0. The first kappa shape index (κ1) is 13.0. The Bertz CT molecular complexity index is 700. The third-order valence-corrected chi connectivity index (χ3v) is 3.02. The number of benzene rings is 2. The maximum Gasteiger partial charge on any atom is 0.257 e. The quantitative estimate of drug-likeness (QED) is 0.844. The first-order valence-electron chi connectivity index (χ1n) is 6.28. The standard InChI is InChI=1S/C15H12N2O4/c18-8-16-12-4-2-1-3-11(12)15(19)17-10-5-6-13-14(7-10)21-9-20-13/h1-8H,9H2,(H,16,18)(H,17,19). The smallest absolute Gasteiger partial charge is 0.257 e. The monoisotopic (exact) mass is 284 g/mol. The minimum atomic E-state index is -0.321. The molecule has 2 N–H and O–H groups in total. The van der Waals surface area contributed by atoms with Crippen LogP contribution >= 0.6 is 0 Å². The molecule has 0 saturated heterocycles. The van der Waals surface area contributed by atoms with Crippen LogP contribution in [0, 0.1) is 0 Å². The lowest BCUT2D eigenvalue weighted by Crippen LogP contribution is -2.14. The Morgan fingerprint density at radius 3 is 2.76 bits per heavy atom. The molecule has 1 aliphatic heterocycles. The van der Waals surface area contributed by atoms with E-state index in [2.05, 4.69) is 10.6 Å². The number of hydrogen-bond acceptors (Lipinski definition) is 4. The van der Waals surface area contributed by atoms with E-state index in [1.807, 2.05) is 0 Å². The number of anilines is 2. The predicted molar refractivity (Wildman–Crippen MR) is 76.6 cm³/mol. The zero-order valence-corrected chi connectivity index (χ0v) is 11.0. The van der Waals surface area contributed by atoms with Crippen molar-refractivity contribution >= 4 is 23.7 Å². The minimum absolute atomic E-state index is 0.179. The second kappa shape index (κ2) is 5.54. The molecule has 0 aromatic heterocycles. The molecule has 2 aromatic carbocycles. The Labute approximate surface area is 120 Å². The maximum absolute atomic E-state index is 12.3. The van der Waals surface area contributed by atoms with Gasteiger partial charge >= 0.3 is 0 Å². The molecule has 0 bridgehead atoms. The predicted octanol–water partition coefficient (Wildman–Crippen LogP) is 2.24. The number of amides is 2. The van der Waals surface area contributed by atoms with E-state index in [-0.39, 0.29) is 12.7 Å². The molecule has 1 aliphatic rings. The molecule has 0 unspecified atom stereocenters. The van der Waals surface area contributed by atoms with Crippen LogP contribution in [0.25, 0.3) is 0 Å². The molecule has 1 heterocycles. The summed E-state index contributed by atoms with van der Waals surface area (Å²) in [6.07, 6.45) is 0.534. The summed E-state index contributed by atoms with van der Waals surface area (Å²) in [6.45, 7) is 0.179. The number of carbonyl (C=O) groups excluding carboxylic acids is 2. The topological polar surface area (TPSA) is 76.7 Å². The van der Waals surface area contributed by atoms with Gasteiger partial charge in [0.15, 0.2) is 11.5 Å². The number of para-hydroxylation sites is 1. The molecule has 0 aliphatic carbocycles. The second-order valence-electron chi connectivity index (χ2n) is 4.33. The number of fused-ring (bicyclic) bond motifs is 1. The average Bonchev–Trinajstić information content (AvgIpc) is 2.95. The van der Waals surface area contributed by atoms with Gasteiger partial charge in [0.05, 0.1) is 11.3 Å². The highest BCUT2D eigenvalue weighted by atomic mass is 16.7. The number of ether oxygens (including phenoxy) is 2. The van der Waals surface area contributed by atoms with Crippen molar-refractivity contribution in [1.29, 1.82) is 0 Å². The first-order chi connectivity index (χ1) is 10.3. The van der Waals surface area contributed by atoms with Gasteiger partial charge in [-0.05, 0) is 24.3 Å². The lowest BCUT2D eigenvalue weighted by Gasteiger charge is -2.09. The molecule has 0 atom stereocenters. The SMILES string of the molecule is O=CNc1ccccc1C(=O)Nc1ccc2c(c1)OCO2. The molecule has 0 saturated carbocycles. The van der Waals surface area contributed by atoms with E-state index in [1.54, 1.807) is 42.5 Å². The van der Waals surface area contributed by atoms with E-state index < -0.39 is 0 Å². The molecule has 0 radical (unpaired) electrons. The van der Waals surface area contributed by atoms with Crippen molar-refractivity contribution in [2.45, 2.75) is 0 Å². The Kier molecular flexibility index (Phi) is 3.42. The first-order valence-corrected chi connectivity index (χ1v) is 6.28. The van der Waals surface area contributed by atoms with Gasteiger partial charge in [-0.3, -0.25) is 9.59 Å². The van der Waals surface area contributed by atoms with Crippen LogP contribution in [0.15, 0.2) is 42.5 Å². The van der Waals surface area contributed by atoms with Crippen LogP contribution in [0.1, 0.15) is 10.4 Å². The van der Waals surface area contributed by atoms with Crippen molar-refractivity contribution in [1.82, 2.24) is 0 Å². The van der Waals surface area contributed by atoms with E-state index in [4.69, 9.17) is 9.47 Å². The van der Waals surface area contributed by atoms with Crippen molar-refractivity contribution in [3.8, 4) is 11.5 Å². The third kappa shape index (κ3) is 2.64. The van der Waals surface area contributed by atoms with Crippen molar-refractivity contribution in [2.24, 2.45) is 0 Å². The molecule has 3 rings (SSSR count). The van der Waals surface area contributed by atoms with Gasteiger partial charge in [-0.15, -0.1) is 0 Å². The van der Waals surface area contributed by atoms with Crippen LogP contribution in [-0.4, -0.2) is 19.1 Å². The average molecular weight is 284 g/mol. The van der Waals surface area contributed by atoms with Gasteiger partial charge in [-0.2, -0.15) is 0 Å². The highest BCUT2D eigenvalue weighted by molar-refractivity contribution is 6.09. The van der Waals surface area contributed by atoms with Crippen molar-refractivity contribution < 1.29 is 19.1 Å². The highest BCUT2D eigenvalue weighted by Gasteiger charge is 2.15. The molecular weight excluding hydrogens is 272 g/mol. The van der Waals surface area contributed by atoms with E-state index in [0.717, 1.165) is 0 Å². The van der Waals surface area contributed by atoms with Crippen molar-refractivity contribution in [3.05, 3.63) is 48.0 Å². The largest absolute Gasteiger partial charge is 0.454 e. The zero-order chi connectivity index (χ0) is 14.7. The molecule has 2 amide bonds. The molecule has 106 valence electrons. The van der Waals surface area contributed by atoms with Gasteiger partial charge in [0.2, 0.25) is 13.2 Å². The lowest BCUT2D eigenvalue weighted by molar-refractivity contribution is -0.105. The highest BCUT2D eigenvalue weighted by Crippen LogP contribution is 2.34. The van der Waals surface area contributed by atoms with Gasteiger partial charge < -0.3 is 20.1 Å². The maximum atomic E-state index is 12.3. The molecule has 2 aromatic rings. The lowest BCUT2D eigenvalue weighted by atomic mass is 10.1. The summed E-state index contributed by atoms with van der Waals surface area (Å²) < 4.78 is 10.5. The van der Waals surface area contributed by atoms with Crippen LogP contribution in [0.3, 0.4) is 0 Å². The van der Waals surface area contributed by atoms with Crippen LogP contribution in [0.2, 0.25) is 0 Å². The van der Waals surface area contributed by atoms with Crippen LogP contribution in [-0.2, 0) is 4.79 Å². The summed E-state index contributed by atoms with van der Waals surface area (Å²) in [7, 11) is 0. The number of nitrogens with one attached hydrogen (secondary N) is 2. The molecular formula is C15H12N2O4. The van der Waals surface area contributed by atoms with Crippen LogP contribution in [0.4, 0.5) is 11.4 Å². The number of carbonyl (C=O) groups is 2. The summed E-state index contributed by atoms with van der Waals surface area (Å²) in [4.78, 5) is 22.8. The van der Waals surface area contributed by atoms with Gasteiger partial charge in [0.25, 0.3) is 5.91 Å². The molecule has 21 heavy (non-hydrogen) atoms. The molecule has 6 nitrogen and oxygen atoms in total. The summed E-state index contributed by atoms with van der Waals surface area (Å²) >= 11 is 0. The third-order valence-electron chi connectivity index (χ3n) is 3.02. The minimum Gasteiger partial charge on any atom is -0.454 e. The van der Waals surface area contributed by atoms with Gasteiger partial charge in [-0.25, -0.2) is 0 Å². The summed E-state index contributed by atoms with van der Waals surface area (Å²) in [5.41, 5.74) is 1.41. The molecule has 0 spiro atoms. The Balaban J connectivity index is 1.82. The van der Waals surface area contributed by atoms with E-state index in [9.17, 15) is 9.59 Å². The fraction of sp³-hybridized carbons (Fsp3) is 0.0667. The molecule has 0 fully saturated rings. The number of hydrogen-bond donors (Lipinski definition) is 2. The van der Waals surface area contributed by atoms with Gasteiger partial charge in [0, 0.05) is 11.8 Å². The van der Waals surface area contributed by atoms with Crippen LogP contribution in [0.5, 0.6) is 11.5 Å². The number of rotatable bonds is 4. The van der Waals surface area contributed by atoms with Gasteiger partial charge in [-0.1, -0.05) is 12.1 Å². The van der Waals surface area contributed by atoms with Crippen LogP contribution < -0.4 is 20.1 Å². The Morgan fingerprint density at radius 1 is 1.10 bits per heavy atom. The van der Waals surface area contributed by atoms with E-state index in [1.165, 1.54) is 0 Å². The summed E-state index contributed by atoms with van der Waals surface area (Å²) in [6, 6.07) is 11.9. The summed E-state index contributed by atoms with van der Waals surface area (Å²) in [5.74, 6) is 0.918. The normalized spacial score (nSPS) is 11.8. The Hall–Kier alpha value is -3.02. The van der Waals surface area contributed by atoms with Crippen molar-refractivity contribution in [2.75, 3.05) is 17.4 Å². The van der Waals surface area contributed by atoms with Crippen molar-refractivity contribution in [3.63, 3.8) is 0 Å². The molecule has 6 heteroatoms. The van der Waals surface area contributed by atoms with E-state index in [0.29, 0.717) is 34.8 Å². The van der Waals surface area contributed by atoms with Gasteiger partial charge in [0.1, 0.15) is 0 Å².